The van der Waals surface area contributed by atoms with Gasteiger partial charge in [-0.25, -0.2) is 9.59 Å². The van der Waals surface area contributed by atoms with Crippen molar-refractivity contribution >= 4 is 23.8 Å². The van der Waals surface area contributed by atoms with E-state index in [0.29, 0.717) is 12.8 Å². The summed E-state index contributed by atoms with van der Waals surface area (Å²) in [6.07, 6.45) is 2.18. The highest BCUT2D eigenvalue weighted by Crippen LogP contribution is 2.07. The highest BCUT2D eigenvalue weighted by atomic mass is 16.4. The van der Waals surface area contributed by atoms with Gasteiger partial charge >= 0.3 is 12.0 Å². The molecule has 0 spiro atoms. The van der Waals surface area contributed by atoms with Crippen LogP contribution in [-0.4, -0.2) is 65.7 Å². The molecule has 186 valence electrons. The SMILES string of the molecule is CC(C)C(N)C(=O)N[C@@H](CCCNC(N)=O)C(=O)N[C@H](CCCCNC(C)(C)C)C(=O)O. The van der Waals surface area contributed by atoms with Gasteiger partial charge in [-0.3, -0.25) is 9.59 Å². The van der Waals surface area contributed by atoms with Gasteiger partial charge in [-0.15, -0.1) is 0 Å². The number of urea groups is 1. The van der Waals surface area contributed by atoms with Crippen molar-refractivity contribution in [3.8, 4) is 0 Å². The topological polar surface area (TPSA) is 189 Å². The first-order valence-corrected chi connectivity index (χ1v) is 11.1. The highest BCUT2D eigenvalue weighted by Gasteiger charge is 2.28. The van der Waals surface area contributed by atoms with Crippen LogP contribution < -0.4 is 32.7 Å². The normalized spacial score (nSPS) is 14.3. The molecule has 0 aromatic rings. The molecule has 0 aliphatic heterocycles. The molecule has 0 aromatic heterocycles. The third-order valence-corrected chi connectivity index (χ3v) is 4.81. The minimum absolute atomic E-state index is 0.0218. The Morgan fingerprint density at radius 3 is 1.94 bits per heavy atom. The van der Waals surface area contributed by atoms with Crippen LogP contribution in [0.15, 0.2) is 0 Å². The maximum absolute atomic E-state index is 12.8. The number of unbranched alkanes of at least 4 members (excludes halogenated alkanes) is 1. The second kappa shape index (κ2) is 14.6. The van der Waals surface area contributed by atoms with E-state index < -0.39 is 41.9 Å². The zero-order valence-electron chi connectivity index (χ0n) is 20.0. The first-order chi connectivity index (χ1) is 14.7. The number of primary amides is 1. The monoisotopic (exact) mass is 458 g/mol. The summed E-state index contributed by atoms with van der Waals surface area (Å²) in [5.74, 6) is -2.37. The van der Waals surface area contributed by atoms with Crippen molar-refractivity contribution in [2.75, 3.05) is 13.1 Å². The van der Waals surface area contributed by atoms with Crippen molar-refractivity contribution in [3.63, 3.8) is 0 Å². The van der Waals surface area contributed by atoms with E-state index >= 15 is 0 Å². The molecule has 4 amide bonds. The van der Waals surface area contributed by atoms with Crippen molar-refractivity contribution in [1.82, 2.24) is 21.3 Å². The predicted octanol–water partition coefficient (Wildman–Crippen LogP) is 0.0308. The molecule has 9 N–H and O–H groups in total. The highest BCUT2D eigenvalue weighted by molar-refractivity contribution is 5.91. The van der Waals surface area contributed by atoms with E-state index in [-0.39, 0.29) is 30.8 Å². The first-order valence-electron chi connectivity index (χ1n) is 11.1. The third-order valence-electron chi connectivity index (χ3n) is 4.81. The molecule has 0 heterocycles. The second-order valence-corrected chi connectivity index (χ2v) is 9.34. The maximum atomic E-state index is 12.8. The summed E-state index contributed by atoms with van der Waals surface area (Å²) in [6, 6.07) is -3.55. The average Bonchev–Trinajstić information content (AvgIpc) is 2.66. The van der Waals surface area contributed by atoms with Crippen LogP contribution in [0.5, 0.6) is 0 Å². The lowest BCUT2D eigenvalue weighted by molar-refractivity contribution is -0.142. The standard InChI is InChI=1S/C21H42N6O5/c1-13(2)16(22)18(29)26-14(10-8-11-24-20(23)32)17(28)27-15(19(30)31)9-6-7-12-25-21(3,4)5/h13-16,25H,6-12,22H2,1-5H3,(H,26,29)(H,27,28)(H,30,31)(H3,23,24,32)/t14-,15+,16?/m0/s1. The molecule has 0 rings (SSSR count). The Morgan fingerprint density at radius 1 is 0.875 bits per heavy atom. The summed E-state index contributed by atoms with van der Waals surface area (Å²) in [5, 5.41) is 20.4. The van der Waals surface area contributed by atoms with Crippen LogP contribution in [0.1, 0.15) is 66.7 Å². The molecular weight excluding hydrogens is 416 g/mol. The summed E-state index contributed by atoms with van der Waals surface area (Å²) in [5.41, 5.74) is 10.9. The number of aliphatic carboxylic acids is 1. The van der Waals surface area contributed by atoms with Crippen molar-refractivity contribution < 1.29 is 24.3 Å². The number of carbonyl (C=O) groups excluding carboxylic acids is 3. The number of hydrogen-bond donors (Lipinski definition) is 7. The molecule has 0 saturated heterocycles. The second-order valence-electron chi connectivity index (χ2n) is 9.34. The summed E-state index contributed by atoms with van der Waals surface area (Å²) in [7, 11) is 0. The van der Waals surface area contributed by atoms with Gasteiger partial charge < -0.3 is 37.8 Å². The van der Waals surface area contributed by atoms with Gasteiger partial charge in [0.2, 0.25) is 11.8 Å². The quantitative estimate of drug-likeness (QED) is 0.168. The Kier molecular flexibility index (Phi) is 13.5. The van der Waals surface area contributed by atoms with Gasteiger partial charge in [0, 0.05) is 12.1 Å². The molecular formula is C21H42N6O5. The number of nitrogens with one attached hydrogen (secondary N) is 4. The van der Waals surface area contributed by atoms with Crippen molar-refractivity contribution in [1.29, 1.82) is 0 Å². The Hall–Kier alpha value is -2.40. The summed E-state index contributed by atoms with van der Waals surface area (Å²) < 4.78 is 0. The first kappa shape index (κ1) is 29.6. The molecule has 11 nitrogen and oxygen atoms in total. The third kappa shape index (κ3) is 13.8. The van der Waals surface area contributed by atoms with Gasteiger partial charge in [0.15, 0.2) is 0 Å². The molecule has 32 heavy (non-hydrogen) atoms. The van der Waals surface area contributed by atoms with Crippen molar-refractivity contribution in [3.05, 3.63) is 0 Å². The Morgan fingerprint density at radius 2 is 1.44 bits per heavy atom. The van der Waals surface area contributed by atoms with Crippen molar-refractivity contribution in [2.24, 2.45) is 17.4 Å². The Bertz CT molecular complexity index is 620. The van der Waals surface area contributed by atoms with Gasteiger partial charge in [0.25, 0.3) is 0 Å². The zero-order chi connectivity index (χ0) is 24.9. The van der Waals surface area contributed by atoms with E-state index in [1.54, 1.807) is 13.8 Å². The van der Waals surface area contributed by atoms with E-state index in [1.165, 1.54) is 0 Å². The number of amides is 4. The van der Waals surface area contributed by atoms with Crippen LogP contribution >= 0.6 is 0 Å². The van der Waals surface area contributed by atoms with Gasteiger partial charge in [0.05, 0.1) is 6.04 Å². The van der Waals surface area contributed by atoms with Gasteiger partial charge in [-0.1, -0.05) is 13.8 Å². The summed E-state index contributed by atoms with van der Waals surface area (Å²) in [4.78, 5) is 47.6. The molecule has 3 atom stereocenters. The van der Waals surface area contributed by atoms with E-state index in [0.717, 1.165) is 13.0 Å². The Balaban J connectivity index is 4.95. The molecule has 0 radical (unpaired) electrons. The van der Waals surface area contributed by atoms with E-state index in [1.807, 2.05) is 20.8 Å². The lowest BCUT2D eigenvalue weighted by Gasteiger charge is -2.24. The number of rotatable bonds is 15. The van der Waals surface area contributed by atoms with E-state index in [4.69, 9.17) is 11.5 Å². The van der Waals surface area contributed by atoms with Crippen LogP contribution in [0.25, 0.3) is 0 Å². The minimum atomic E-state index is -1.14. The molecule has 0 aromatic carbocycles. The summed E-state index contributed by atoms with van der Waals surface area (Å²) >= 11 is 0. The van der Waals surface area contributed by atoms with Crippen LogP contribution in [0, 0.1) is 5.92 Å². The number of carbonyl (C=O) groups is 4. The van der Waals surface area contributed by atoms with E-state index in [2.05, 4.69) is 21.3 Å². The molecule has 0 aliphatic rings. The van der Waals surface area contributed by atoms with Crippen LogP contribution in [0.3, 0.4) is 0 Å². The minimum Gasteiger partial charge on any atom is -0.480 e. The molecule has 0 fully saturated rings. The zero-order valence-corrected chi connectivity index (χ0v) is 20.0. The van der Waals surface area contributed by atoms with Crippen LogP contribution in [0.4, 0.5) is 4.79 Å². The van der Waals surface area contributed by atoms with Gasteiger partial charge in [-0.2, -0.15) is 0 Å². The van der Waals surface area contributed by atoms with Crippen LogP contribution in [-0.2, 0) is 14.4 Å². The Labute approximate surface area is 190 Å². The fraction of sp³-hybridized carbons (Fsp3) is 0.810. The maximum Gasteiger partial charge on any atom is 0.326 e. The fourth-order valence-corrected chi connectivity index (χ4v) is 2.82. The van der Waals surface area contributed by atoms with E-state index in [9.17, 15) is 24.3 Å². The molecule has 11 heteroatoms. The molecule has 0 bridgehead atoms. The lowest BCUT2D eigenvalue weighted by atomic mass is 10.0. The molecule has 0 saturated carbocycles. The molecule has 1 unspecified atom stereocenters. The number of carboxylic acid groups (broad SMARTS) is 1. The summed E-state index contributed by atoms with van der Waals surface area (Å²) in [6.45, 7) is 10.7. The smallest absolute Gasteiger partial charge is 0.326 e. The van der Waals surface area contributed by atoms with Gasteiger partial charge in [-0.05, 0) is 65.3 Å². The predicted molar refractivity (Wildman–Crippen MR) is 123 cm³/mol. The lowest BCUT2D eigenvalue weighted by Crippen LogP contribution is -2.55. The number of carboxylic acids is 1. The van der Waals surface area contributed by atoms with Crippen LogP contribution in [0.2, 0.25) is 0 Å². The van der Waals surface area contributed by atoms with Crippen molar-refractivity contribution in [2.45, 2.75) is 90.4 Å². The fourth-order valence-electron chi connectivity index (χ4n) is 2.82. The average molecular weight is 459 g/mol. The number of hydrogen-bond acceptors (Lipinski definition) is 6. The number of nitrogens with two attached hydrogens (primary N) is 2. The molecule has 0 aliphatic carbocycles. The largest absolute Gasteiger partial charge is 0.480 e. The van der Waals surface area contributed by atoms with Gasteiger partial charge in [0.1, 0.15) is 12.1 Å².